The zero-order chi connectivity index (χ0) is 13.2. The van der Waals surface area contributed by atoms with Gasteiger partial charge in [-0.2, -0.15) is 0 Å². The summed E-state index contributed by atoms with van der Waals surface area (Å²) in [5, 5.41) is 7.00. The first kappa shape index (κ1) is 11.9. The first-order valence-corrected chi connectivity index (χ1v) is 6.67. The van der Waals surface area contributed by atoms with E-state index in [-0.39, 0.29) is 0 Å². The van der Waals surface area contributed by atoms with E-state index >= 15 is 0 Å². The fourth-order valence-electron chi connectivity index (χ4n) is 2.52. The molecule has 1 atom stereocenters. The van der Waals surface area contributed by atoms with Gasteiger partial charge in [0.2, 0.25) is 0 Å². The van der Waals surface area contributed by atoms with Gasteiger partial charge in [0.25, 0.3) is 0 Å². The number of nitrogens with one attached hydrogen (secondary N) is 2. The lowest BCUT2D eigenvalue weighted by Crippen LogP contribution is -2.36. The number of anilines is 3. The standard InChI is InChI=1S/C16H19N3/c1-12-7-3-4-8-14(12)17-11-19-13(2)18-15-9-5-6-10-16(15)19/h3-10,13,17-18H,11H2,1-2H3. The Hall–Kier alpha value is -2.16. The fourth-order valence-corrected chi connectivity index (χ4v) is 2.52. The van der Waals surface area contributed by atoms with E-state index in [4.69, 9.17) is 0 Å². The molecular weight excluding hydrogens is 234 g/mol. The van der Waals surface area contributed by atoms with Crippen LogP contribution in [0.25, 0.3) is 0 Å². The SMILES string of the molecule is Cc1ccccc1NCN1c2ccccc2NC1C. The third-order valence-corrected chi connectivity index (χ3v) is 3.63. The largest absolute Gasteiger partial charge is 0.367 e. The van der Waals surface area contributed by atoms with E-state index in [1.165, 1.54) is 22.6 Å². The minimum atomic E-state index is 0.314. The second-order valence-corrected chi connectivity index (χ2v) is 4.96. The minimum absolute atomic E-state index is 0.314. The lowest BCUT2D eigenvalue weighted by molar-refractivity contribution is 0.753. The number of para-hydroxylation sites is 3. The average Bonchev–Trinajstić information content (AvgIpc) is 2.74. The smallest absolute Gasteiger partial charge is 0.0978 e. The number of aryl methyl sites for hydroxylation is 1. The molecule has 0 fully saturated rings. The Kier molecular flexibility index (Phi) is 3.03. The zero-order valence-electron chi connectivity index (χ0n) is 11.4. The van der Waals surface area contributed by atoms with Gasteiger partial charge < -0.3 is 15.5 Å². The van der Waals surface area contributed by atoms with Crippen molar-refractivity contribution in [2.24, 2.45) is 0 Å². The van der Waals surface area contributed by atoms with Gasteiger partial charge in [-0.3, -0.25) is 0 Å². The molecule has 1 aliphatic rings. The van der Waals surface area contributed by atoms with Gasteiger partial charge in [-0.25, -0.2) is 0 Å². The molecule has 1 aliphatic heterocycles. The maximum absolute atomic E-state index is 3.51. The quantitative estimate of drug-likeness (QED) is 0.874. The Balaban J connectivity index is 1.76. The van der Waals surface area contributed by atoms with Crippen LogP contribution in [0.1, 0.15) is 12.5 Å². The van der Waals surface area contributed by atoms with Gasteiger partial charge in [0, 0.05) is 5.69 Å². The summed E-state index contributed by atoms with van der Waals surface area (Å²) in [5.74, 6) is 0. The molecule has 98 valence electrons. The summed E-state index contributed by atoms with van der Waals surface area (Å²) in [6.45, 7) is 5.11. The maximum atomic E-state index is 3.51. The van der Waals surface area contributed by atoms with Crippen molar-refractivity contribution >= 4 is 17.1 Å². The number of hydrogen-bond donors (Lipinski definition) is 2. The molecule has 1 unspecified atom stereocenters. The van der Waals surface area contributed by atoms with Crippen molar-refractivity contribution in [3.8, 4) is 0 Å². The summed E-state index contributed by atoms with van der Waals surface area (Å²) < 4.78 is 0. The molecule has 1 heterocycles. The molecule has 0 amide bonds. The van der Waals surface area contributed by atoms with Gasteiger partial charge >= 0.3 is 0 Å². The first-order valence-electron chi connectivity index (χ1n) is 6.67. The Bertz CT molecular complexity index is 580. The van der Waals surface area contributed by atoms with E-state index in [1.807, 2.05) is 0 Å². The number of nitrogens with zero attached hydrogens (tertiary/aromatic N) is 1. The van der Waals surface area contributed by atoms with E-state index in [0.29, 0.717) is 6.17 Å². The third kappa shape index (κ3) is 2.24. The van der Waals surface area contributed by atoms with E-state index in [9.17, 15) is 0 Å². The topological polar surface area (TPSA) is 27.3 Å². The molecule has 0 aromatic heterocycles. The molecule has 0 aliphatic carbocycles. The second-order valence-electron chi connectivity index (χ2n) is 4.96. The van der Waals surface area contributed by atoms with E-state index in [2.05, 4.69) is 77.9 Å². The zero-order valence-corrected chi connectivity index (χ0v) is 11.4. The van der Waals surface area contributed by atoms with Crippen LogP contribution in [0.3, 0.4) is 0 Å². The molecule has 3 rings (SSSR count). The summed E-state index contributed by atoms with van der Waals surface area (Å²) in [7, 11) is 0. The Morgan fingerprint density at radius 3 is 2.68 bits per heavy atom. The van der Waals surface area contributed by atoms with Gasteiger partial charge in [0.1, 0.15) is 0 Å². The van der Waals surface area contributed by atoms with Crippen LogP contribution < -0.4 is 15.5 Å². The van der Waals surface area contributed by atoms with Crippen molar-refractivity contribution in [2.75, 3.05) is 22.2 Å². The van der Waals surface area contributed by atoms with Crippen LogP contribution in [-0.2, 0) is 0 Å². The minimum Gasteiger partial charge on any atom is -0.367 e. The van der Waals surface area contributed by atoms with Gasteiger partial charge in [0.15, 0.2) is 0 Å². The molecule has 2 aromatic carbocycles. The Labute approximate surface area is 114 Å². The maximum Gasteiger partial charge on any atom is 0.0978 e. The Morgan fingerprint density at radius 2 is 1.84 bits per heavy atom. The normalized spacial score (nSPS) is 16.9. The fraction of sp³-hybridized carbons (Fsp3) is 0.250. The van der Waals surface area contributed by atoms with Crippen molar-refractivity contribution in [3.63, 3.8) is 0 Å². The van der Waals surface area contributed by atoms with Crippen LogP contribution in [0.15, 0.2) is 48.5 Å². The lowest BCUT2D eigenvalue weighted by atomic mass is 10.2. The highest BCUT2D eigenvalue weighted by Crippen LogP contribution is 2.33. The third-order valence-electron chi connectivity index (χ3n) is 3.63. The summed E-state index contributed by atoms with van der Waals surface area (Å²) in [6.07, 6.45) is 0.314. The molecule has 0 bridgehead atoms. The lowest BCUT2D eigenvalue weighted by Gasteiger charge is -2.25. The average molecular weight is 253 g/mol. The highest BCUT2D eigenvalue weighted by atomic mass is 15.4. The van der Waals surface area contributed by atoms with Crippen LogP contribution in [-0.4, -0.2) is 12.8 Å². The molecule has 3 heteroatoms. The van der Waals surface area contributed by atoms with Gasteiger partial charge in [0.05, 0.1) is 24.2 Å². The highest BCUT2D eigenvalue weighted by Gasteiger charge is 2.24. The first-order chi connectivity index (χ1) is 9.25. The van der Waals surface area contributed by atoms with Crippen LogP contribution in [0, 0.1) is 6.92 Å². The van der Waals surface area contributed by atoms with E-state index in [0.717, 1.165) is 6.67 Å². The molecule has 0 spiro atoms. The monoisotopic (exact) mass is 253 g/mol. The van der Waals surface area contributed by atoms with Crippen molar-refractivity contribution < 1.29 is 0 Å². The van der Waals surface area contributed by atoms with Crippen molar-refractivity contribution in [1.82, 2.24) is 0 Å². The van der Waals surface area contributed by atoms with Crippen LogP contribution in [0.2, 0.25) is 0 Å². The van der Waals surface area contributed by atoms with Gasteiger partial charge in [-0.1, -0.05) is 30.3 Å². The molecule has 0 saturated heterocycles. The van der Waals surface area contributed by atoms with Gasteiger partial charge in [-0.05, 0) is 37.6 Å². The number of fused-ring (bicyclic) bond motifs is 1. The van der Waals surface area contributed by atoms with E-state index < -0.39 is 0 Å². The molecule has 2 aromatic rings. The molecule has 0 radical (unpaired) electrons. The molecule has 19 heavy (non-hydrogen) atoms. The second kappa shape index (κ2) is 4.84. The summed E-state index contributed by atoms with van der Waals surface area (Å²) in [6, 6.07) is 16.8. The Morgan fingerprint density at radius 1 is 1.11 bits per heavy atom. The number of hydrogen-bond acceptors (Lipinski definition) is 3. The predicted octanol–water partition coefficient (Wildman–Crippen LogP) is 3.64. The van der Waals surface area contributed by atoms with Gasteiger partial charge in [-0.15, -0.1) is 0 Å². The number of benzene rings is 2. The molecule has 3 nitrogen and oxygen atoms in total. The van der Waals surface area contributed by atoms with Crippen molar-refractivity contribution in [2.45, 2.75) is 20.0 Å². The van der Waals surface area contributed by atoms with Crippen molar-refractivity contribution in [3.05, 3.63) is 54.1 Å². The van der Waals surface area contributed by atoms with Crippen molar-refractivity contribution in [1.29, 1.82) is 0 Å². The summed E-state index contributed by atoms with van der Waals surface area (Å²) in [5.41, 5.74) is 4.94. The van der Waals surface area contributed by atoms with Crippen LogP contribution in [0.5, 0.6) is 0 Å². The van der Waals surface area contributed by atoms with Crippen LogP contribution in [0.4, 0.5) is 17.1 Å². The van der Waals surface area contributed by atoms with Crippen LogP contribution >= 0.6 is 0 Å². The summed E-state index contributed by atoms with van der Waals surface area (Å²) >= 11 is 0. The molecule has 0 saturated carbocycles. The molecular formula is C16H19N3. The molecule has 2 N–H and O–H groups in total. The predicted molar refractivity (Wildman–Crippen MR) is 81.7 cm³/mol. The summed E-state index contributed by atoms with van der Waals surface area (Å²) in [4.78, 5) is 2.34. The highest BCUT2D eigenvalue weighted by molar-refractivity contribution is 5.76. The number of rotatable bonds is 3. The van der Waals surface area contributed by atoms with E-state index in [1.54, 1.807) is 0 Å².